The van der Waals surface area contributed by atoms with Crippen LogP contribution in [0.3, 0.4) is 0 Å². The molecule has 1 heterocycles. The zero-order valence-corrected chi connectivity index (χ0v) is 10.6. The minimum absolute atomic E-state index is 0.257. The van der Waals surface area contributed by atoms with E-state index in [-0.39, 0.29) is 6.61 Å². The third kappa shape index (κ3) is 4.44. The van der Waals surface area contributed by atoms with E-state index in [1.165, 1.54) is 0 Å². The lowest BCUT2D eigenvalue weighted by Gasteiger charge is -2.10. The lowest BCUT2D eigenvalue weighted by atomic mass is 10.2. The summed E-state index contributed by atoms with van der Waals surface area (Å²) >= 11 is 0. The van der Waals surface area contributed by atoms with Gasteiger partial charge < -0.3 is 15.6 Å². The van der Waals surface area contributed by atoms with E-state index in [0.717, 1.165) is 5.56 Å². The van der Waals surface area contributed by atoms with Gasteiger partial charge in [0.25, 0.3) is 0 Å². The van der Waals surface area contributed by atoms with Crippen LogP contribution in [0.5, 0.6) is 0 Å². The van der Waals surface area contributed by atoms with E-state index >= 15 is 0 Å². The summed E-state index contributed by atoms with van der Waals surface area (Å²) in [4.78, 5) is 0. The first-order chi connectivity index (χ1) is 9.28. The fraction of sp³-hybridized carbons (Fsp3) is 0.385. The molecular weight excluding hydrogens is 244 g/mol. The van der Waals surface area contributed by atoms with Crippen LogP contribution in [0.2, 0.25) is 0 Å². The zero-order chi connectivity index (χ0) is 13.5. The number of hydrogen-bond donors (Lipinski definition) is 2. The van der Waals surface area contributed by atoms with Gasteiger partial charge in [-0.3, -0.25) is 0 Å². The van der Waals surface area contributed by atoms with Crippen LogP contribution in [-0.2, 0) is 24.4 Å². The Kier molecular flexibility index (Phi) is 5.02. The highest BCUT2D eigenvalue weighted by Gasteiger charge is 2.07. The number of aliphatic hydroxyl groups is 1. The molecule has 0 spiro atoms. The minimum atomic E-state index is -0.615. The highest BCUT2D eigenvalue weighted by molar-refractivity contribution is 5.13. The number of aromatic nitrogens is 3. The average Bonchev–Trinajstić information content (AvgIpc) is 2.87. The molecule has 19 heavy (non-hydrogen) atoms. The molecule has 6 heteroatoms. The number of nitrogens with two attached hydrogens (primary N) is 1. The molecule has 2 rings (SSSR count). The Morgan fingerprint density at radius 1 is 1.32 bits per heavy atom. The van der Waals surface area contributed by atoms with Crippen molar-refractivity contribution in [3.63, 3.8) is 0 Å². The van der Waals surface area contributed by atoms with Gasteiger partial charge in [0.2, 0.25) is 0 Å². The average molecular weight is 262 g/mol. The van der Waals surface area contributed by atoms with Crippen molar-refractivity contribution in [3.05, 3.63) is 47.8 Å². The molecule has 0 amide bonds. The molecule has 2 aromatic rings. The molecule has 0 aliphatic rings. The predicted molar refractivity (Wildman–Crippen MR) is 70.0 cm³/mol. The van der Waals surface area contributed by atoms with E-state index in [1.54, 1.807) is 10.9 Å². The predicted octanol–water partition coefficient (Wildman–Crippen LogP) is 0.314. The van der Waals surface area contributed by atoms with Crippen LogP contribution in [0.1, 0.15) is 11.3 Å². The van der Waals surface area contributed by atoms with Crippen molar-refractivity contribution in [2.75, 3.05) is 6.61 Å². The summed E-state index contributed by atoms with van der Waals surface area (Å²) < 4.78 is 7.02. The first kappa shape index (κ1) is 13.7. The standard InChI is InChI=1S/C13H18N4O2/c14-6-12-7-17(16-15-12)8-13(18)10-19-9-11-4-2-1-3-5-11/h1-5,7,13,18H,6,8-10,14H2. The van der Waals surface area contributed by atoms with E-state index in [0.29, 0.717) is 25.4 Å². The van der Waals surface area contributed by atoms with Gasteiger partial charge in [-0.05, 0) is 5.56 Å². The quantitative estimate of drug-likeness (QED) is 0.750. The van der Waals surface area contributed by atoms with Crippen molar-refractivity contribution in [1.82, 2.24) is 15.0 Å². The van der Waals surface area contributed by atoms with Crippen LogP contribution in [0, 0.1) is 0 Å². The zero-order valence-electron chi connectivity index (χ0n) is 10.6. The molecule has 0 aliphatic carbocycles. The van der Waals surface area contributed by atoms with Gasteiger partial charge in [-0.25, -0.2) is 4.68 Å². The van der Waals surface area contributed by atoms with Gasteiger partial charge in [0, 0.05) is 12.7 Å². The monoisotopic (exact) mass is 262 g/mol. The maximum absolute atomic E-state index is 9.82. The fourth-order valence-corrected chi connectivity index (χ4v) is 1.68. The van der Waals surface area contributed by atoms with Gasteiger partial charge in [-0.2, -0.15) is 0 Å². The molecule has 1 aromatic carbocycles. The van der Waals surface area contributed by atoms with Crippen LogP contribution >= 0.6 is 0 Å². The third-order valence-corrected chi connectivity index (χ3v) is 2.61. The van der Waals surface area contributed by atoms with Crippen LogP contribution in [0.4, 0.5) is 0 Å². The lowest BCUT2D eigenvalue weighted by Crippen LogP contribution is -2.22. The Hall–Kier alpha value is -1.76. The second kappa shape index (κ2) is 6.98. The molecular formula is C13H18N4O2. The molecule has 102 valence electrons. The maximum Gasteiger partial charge on any atom is 0.0969 e. The molecule has 0 fully saturated rings. The molecule has 0 bridgehead atoms. The molecule has 6 nitrogen and oxygen atoms in total. The first-order valence-corrected chi connectivity index (χ1v) is 6.16. The number of nitrogens with zero attached hydrogens (tertiary/aromatic N) is 3. The Morgan fingerprint density at radius 2 is 2.11 bits per heavy atom. The summed E-state index contributed by atoms with van der Waals surface area (Å²) in [5.41, 5.74) is 7.23. The van der Waals surface area contributed by atoms with Gasteiger partial charge in [0.15, 0.2) is 0 Å². The Bertz CT molecular complexity index is 486. The minimum Gasteiger partial charge on any atom is -0.389 e. The summed E-state index contributed by atoms with van der Waals surface area (Å²) in [5.74, 6) is 0. The number of hydrogen-bond acceptors (Lipinski definition) is 5. The number of rotatable bonds is 7. The molecule has 1 aromatic heterocycles. The van der Waals surface area contributed by atoms with E-state index in [9.17, 15) is 5.11 Å². The molecule has 0 saturated carbocycles. The van der Waals surface area contributed by atoms with Gasteiger partial charge in [0.1, 0.15) is 0 Å². The Morgan fingerprint density at radius 3 is 2.79 bits per heavy atom. The Balaban J connectivity index is 1.71. The van der Waals surface area contributed by atoms with E-state index < -0.39 is 6.10 Å². The normalized spacial score (nSPS) is 12.5. The van der Waals surface area contributed by atoms with Crippen molar-refractivity contribution in [3.8, 4) is 0 Å². The maximum atomic E-state index is 9.82. The molecule has 1 atom stereocenters. The van der Waals surface area contributed by atoms with Crippen LogP contribution in [0.25, 0.3) is 0 Å². The fourth-order valence-electron chi connectivity index (χ4n) is 1.68. The van der Waals surface area contributed by atoms with Gasteiger partial charge in [0.05, 0.1) is 31.6 Å². The second-order valence-electron chi connectivity index (χ2n) is 4.29. The molecule has 0 saturated heterocycles. The van der Waals surface area contributed by atoms with E-state index in [1.807, 2.05) is 30.3 Å². The summed E-state index contributed by atoms with van der Waals surface area (Å²) in [7, 11) is 0. The van der Waals surface area contributed by atoms with E-state index in [4.69, 9.17) is 10.5 Å². The highest BCUT2D eigenvalue weighted by atomic mass is 16.5. The second-order valence-corrected chi connectivity index (χ2v) is 4.29. The van der Waals surface area contributed by atoms with Gasteiger partial charge in [-0.15, -0.1) is 5.10 Å². The van der Waals surface area contributed by atoms with Crippen molar-refractivity contribution in [2.45, 2.75) is 25.8 Å². The number of aliphatic hydroxyl groups excluding tert-OH is 1. The van der Waals surface area contributed by atoms with Crippen molar-refractivity contribution in [2.24, 2.45) is 5.73 Å². The van der Waals surface area contributed by atoms with Crippen LogP contribution < -0.4 is 5.73 Å². The first-order valence-electron chi connectivity index (χ1n) is 6.16. The number of benzene rings is 1. The third-order valence-electron chi connectivity index (χ3n) is 2.61. The highest BCUT2D eigenvalue weighted by Crippen LogP contribution is 2.02. The van der Waals surface area contributed by atoms with Crippen LogP contribution in [0.15, 0.2) is 36.5 Å². The van der Waals surface area contributed by atoms with E-state index in [2.05, 4.69) is 10.3 Å². The van der Waals surface area contributed by atoms with Crippen molar-refractivity contribution < 1.29 is 9.84 Å². The van der Waals surface area contributed by atoms with Crippen molar-refractivity contribution in [1.29, 1.82) is 0 Å². The Labute approximate surface area is 111 Å². The largest absolute Gasteiger partial charge is 0.389 e. The molecule has 0 aliphatic heterocycles. The lowest BCUT2D eigenvalue weighted by molar-refractivity contribution is 0.0185. The smallest absolute Gasteiger partial charge is 0.0969 e. The molecule has 1 unspecified atom stereocenters. The number of ether oxygens (including phenoxy) is 1. The van der Waals surface area contributed by atoms with Gasteiger partial charge >= 0.3 is 0 Å². The molecule has 0 radical (unpaired) electrons. The summed E-state index contributed by atoms with van der Waals surface area (Å²) in [5, 5.41) is 17.5. The SMILES string of the molecule is NCc1cn(CC(O)COCc2ccccc2)nn1. The summed E-state index contributed by atoms with van der Waals surface area (Å²) in [6, 6.07) is 9.84. The molecule has 3 N–H and O–H groups in total. The summed E-state index contributed by atoms with van der Waals surface area (Å²) in [6.45, 7) is 1.44. The van der Waals surface area contributed by atoms with Gasteiger partial charge in [-0.1, -0.05) is 35.5 Å². The summed E-state index contributed by atoms with van der Waals surface area (Å²) in [6.07, 6.45) is 1.11. The van der Waals surface area contributed by atoms with Crippen molar-refractivity contribution >= 4 is 0 Å². The topological polar surface area (TPSA) is 86.2 Å². The van der Waals surface area contributed by atoms with Crippen LogP contribution in [-0.4, -0.2) is 32.8 Å².